The Morgan fingerprint density at radius 2 is 1.84 bits per heavy atom. The molecule has 5 nitrogen and oxygen atoms in total. The Kier molecular flexibility index (Phi) is 7.24. The zero-order valence-corrected chi connectivity index (χ0v) is 16.7. The van der Waals surface area contributed by atoms with E-state index in [-0.39, 0.29) is 24.0 Å². The maximum Gasteiger partial charge on any atom is 0.188 e. The molecule has 1 aromatic heterocycles. The predicted octanol–water partition coefficient (Wildman–Crippen LogP) is 3.11. The maximum atomic E-state index is 5.94. The first kappa shape index (κ1) is 19.2. The number of benzene rings is 2. The van der Waals surface area contributed by atoms with E-state index in [1.165, 1.54) is 5.56 Å². The predicted molar refractivity (Wildman–Crippen MR) is 115 cm³/mol. The molecule has 0 amide bonds. The van der Waals surface area contributed by atoms with E-state index in [2.05, 4.69) is 38.1 Å². The van der Waals surface area contributed by atoms with Gasteiger partial charge in [-0.3, -0.25) is 4.99 Å². The monoisotopic (exact) mass is 449 g/mol. The average Bonchev–Trinajstić information content (AvgIpc) is 2.92. The van der Waals surface area contributed by atoms with E-state index in [0.717, 1.165) is 36.4 Å². The first-order valence-electron chi connectivity index (χ1n) is 8.23. The van der Waals surface area contributed by atoms with Crippen LogP contribution in [0.15, 0.2) is 59.6 Å². The van der Waals surface area contributed by atoms with E-state index >= 15 is 0 Å². The molecule has 132 valence electrons. The van der Waals surface area contributed by atoms with Crippen molar-refractivity contribution in [1.82, 2.24) is 14.9 Å². The molecule has 0 aliphatic carbocycles. The minimum Gasteiger partial charge on any atom is -0.370 e. The van der Waals surface area contributed by atoms with Gasteiger partial charge in [-0.25, -0.2) is 4.98 Å². The van der Waals surface area contributed by atoms with Gasteiger partial charge in [0.25, 0.3) is 0 Å². The standard InChI is InChI=1S/C19H23N5.HI/c1-15-23-17-9-5-6-10-18(17)24(15)14-13-22-19(20)21-12-11-16-7-3-2-4-8-16;/h2-10H,11-14H2,1H3,(H3,20,21,22);1H. The molecule has 3 N–H and O–H groups in total. The van der Waals surface area contributed by atoms with Gasteiger partial charge in [-0.2, -0.15) is 0 Å². The van der Waals surface area contributed by atoms with Crippen LogP contribution in [-0.4, -0.2) is 28.6 Å². The summed E-state index contributed by atoms with van der Waals surface area (Å²) < 4.78 is 2.19. The van der Waals surface area contributed by atoms with Crippen LogP contribution < -0.4 is 11.1 Å². The summed E-state index contributed by atoms with van der Waals surface area (Å²) in [7, 11) is 0. The third-order valence-electron chi connectivity index (χ3n) is 4.01. The molecule has 0 saturated carbocycles. The number of hydrogen-bond acceptors (Lipinski definition) is 2. The van der Waals surface area contributed by atoms with Crippen molar-refractivity contribution in [1.29, 1.82) is 0 Å². The topological polar surface area (TPSA) is 68.2 Å². The number of aliphatic imine (C=N–C) groups is 1. The molecule has 3 aromatic rings. The maximum absolute atomic E-state index is 5.94. The number of nitrogens with two attached hydrogens (primary N) is 1. The Morgan fingerprint density at radius 3 is 2.64 bits per heavy atom. The molecule has 0 atom stereocenters. The molecule has 3 rings (SSSR count). The Morgan fingerprint density at radius 1 is 1.12 bits per heavy atom. The normalized spacial score (nSPS) is 11.3. The molecule has 0 radical (unpaired) electrons. The lowest BCUT2D eigenvalue weighted by atomic mass is 10.2. The van der Waals surface area contributed by atoms with Crippen molar-refractivity contribution in [2.45, 2.75) is 19.9 Å². The average molecular weight is 449 g/mol. The van der Waals surface area contributed by atoms with Gasteiger partial charge >= 0.3 is 0 Å². The summed E-state index contributed by atoms with van der Waals surface area (Å²) in [5.41, 5.74) is 9.39. The fourth-order valence-electron chi connectivity index (χ4n) is 2.78. The van der Waals surface area contributed by atoms with Crippen LogP contribution in [0.5, 0.6) is 0 Å². The van der Waals surface area contributed by atoms with Gasteiger partial charge in [-0.15, -0.1) is 24.0 Å². The largest absolute Gasteiger partial charge is 0.370 e. The Hall–Kier alpha value is -2.09. The van der Waals surface area contributed by atoms with Crippen LogP contribution in [0.2, 0.25) is 0 Å². The van der Waals surface area contributed by atoms with Crippen LogP contribution in [0.1, 0.15) is 11.4 Å². The van der Waals surface area contributed by atoms with Crippen molar-refractivity contribution >= 4 is 41.0 Å². The number of aromatic nitrogens is 2. The molecule has 0 aliphatic heterocycles. The molecule has 1 heterocycles. The molecule has 0 unspecified atom stereocenters. The lowest BCUT2D eigenvalue weighted by Gasteiger charge is -2.09. The number of hydrogen-bond donors (Lipinski definition) is 2. The van der Waals surface area contributed by atoms with Crippen LogP contribution in [0.25, 0.3) is 11.0 Å². The highest BCUT2D eigenvalue weighted by molar-refractivity contribution is 14.0. The van der Waals surface area contributed by atoms with Gasteiger partial charge in [0.2, 0.25) is 0 Å². The number of fused-ring (bicyclic) bond motifs is 1. The highest BCUT2D eigenvalue weighted by Gasteiger charge is 2.05. The Labute approximate surface area is 165 Å². The second-order valence-corrected chi connectivity index (χ2v) is 5.73. The van der Waals surface area contributed by atoms with E-state index in [1.54, 1.807) is 0 Å². The minimum atomic E-state index is 0. The van der Waals surface area contributed by atoms with E-state index in [9.17, 15) is 0 Å². The SMILES string of the molecule is Cc1nc2ccccc2n1CCNC(N)=NCCc1ccccc1.I. The van der Waals surface area contributed by atoms with Crippen LogP contribution in [0.4, 0.5) is 0 Å². The number of nitrogens with zero attached hydrogens (tertiary/aromatic N) is 3. The van der Waals surface area contributed by atoms with Gasteiger partial charge in [-0.05, 0) is 31.0 Å². The molecule has 6 heteroatoms. The van der Waals surface area contributed by atoms with E-state index in [0.29, 0.717) is 12.5 Å². The third kappa shape index (κ3) is 5.19. The second-order valence-electron chi connectivity index (χ2n) is 5.73. The highest BCUT2D eigenvalue weighted by atomic mass is 127. The zero-order valence-electron chi connectivity index (χ0n) is 14.4. The Bertz CT molecular complexity index is 826. The number of para-hydroxylation sites is 2. The zero-order chi connectivity index (χ0) is 16.8. The lowest BCUT2D eigenvalue weighted by molar-refractivity contribution is 0.668. The van der Waals surface area contributed by atoms with Crippen molar-refractivity contribution in [2.24, 2.45) is 10.7 Å². The summed E-state index contributed by atoms with van der Waals surface area (Å²) in [5, 5.41) is 3.18. The first-order valence-corrected chi connectivity index (χ1v) is 8.23. The highest BCUT2D eigenvalue weighted by Crippen LogP contribution is 2.14. The van der Waals surface area contributed by atoms with Gasteiger partial charge in [0.15, 0.2) is 5.96 Å². The summed E-state index contributed by atoms with van der Waals surface area (Å²) in [5.74, 6) is 1.51. The fraction of sp³-hybridized carbons (Fsp3) is 0.263. The van der Waals surface area contributed by atoms with E-state index in [4.69, 9.17) is 5.73 Å². The molecular weight excluding hydrogens is 425 g/mol. The summed E-state index contributed by atoms with van der Waals surface area (Å²) in [6.45, 7) is 4.25. The van der Waals surface area contributed by atoms with Gasteiger partial charge in [0, 0.05) is 19.6 Å². The van der Waals surface area contributed by atoms with Gasteiger partial charge < -0.3 is 15.6 Å². The lowest BCUT2D eigenvalue weighted by Crippen LogP contribution is -2.34. The Balaban J connectivity index is 0.00000225. The van der Waals surface area contributed by atoms with Crippen molar-refractivity contribution in [3.8, 4) is 0 Å². The number of halogens is 1. The van der Waals surface area contributed by atoms with Gasteiger partial charge in [-0.1, -0.05) is 42.5 Å². The number of imidazole rings is 1. The molecule has 0 aliphatic rings. The number of guanidine groups is 1. The van der Waals surface area contributed by atoms with Crippen LogP contribution >= 0.6 is 24.0 Å². The number of rotatable bonds is 6. The van der Waals surface area contributed by atoms with Gasteiger partial charge in [0.05, 0.1) is 11.0 Å². The van der Waals surface area contributed by atoms with Crippen molar-refractivity contribution < 1.29 is 0 Å². The number of nitrogens with one attached hydrogen (secondary N) is 1. The second kappa shape index (κ2) is 9.41. The summed E-state index contributed by atoms with van der Waals surface area (Å²) >= 11 is 0. The molecular formula is C19H24IN5. The van der Waals surface area contributed by atoms with E-state index < -0.39 is 0 Å². The first-order chi connectivity index (χ1) is 11.7. The fourth-order valence-corrected chi connectivity index (χ4v) is 2.78. The van der Waals surface area contributed by atoms with Crippen molar-refractivity contribution in [2.75, 3.05) is 13.1 Å². The quantitative estimate of drug-likeness (QED) is 0.345. The molecule has 0 saturated heterocycles. The van der Waals surface area contributed by atoms with Crippen LogP contribution in [0.3, 0.4) is 0 Å². The number of aryl methyl sites for hydroxylation is 1. The van der Waals surface area contributed by atoms with E-state index in [1.807, 2.05) is 43.3 Å². The molecule has 0 fully saturated rings. The summed E-state index contributed by atoms with van der Waals surface area (Å²) in [6, 6.07) is 18.5. The molecule has 0 spiro atoms. The summed E-state index contributed by atoms with van der Waals surface area (Å²) in [4.78, 5) is 8.95. The summed E-state index contributed by atoms with van der Waals surface area (Å²) in [6.07, 6.45) is 0.897. The van der Waals surface area contributed by atoms with Crippen LogP contribution in [-0.2, 0) is 13.0 Å². The van der Waals surface area contributed by atoms with Crippen LogP contribution in [0, 0.1) is 6.92 Å². The minimum absolute atomic E-state index is 0. The molecule has 0 bridgehead atoms. The van der Waals surface area contributed by atoms with Crippen molar-refractivity contribution in [3.05, 3.63) is 66.0 Å². The molecule has 2 aromatic carbocycles. The smallest absolute Gasteiger partial charge is 0.188 e. The third-order valence-corrected chi connectivity index (χ3v) is 4.01. The van der Waals surface area contributed by atoms with Crippen molar-refractivity contribution in [3.63, 3.8) is 0 Å². The van der Waals surface area contributed by atoms with Gasteiger partial charge in [0.1, 0.15) is 5.82 Å². The molecule has 25 heavy (non-hydrogen) atoms.